The zero-order chi connectivity index (χ0) is 33.4. The van der Waals surface area contributed by atoms with Gasteiger partial charge in [-0.2, -0.15) is 0 Å². The Morgan fingerprint density at radius 1 is 0.935 bits per heavy atom. The third-order valence-electron chi connectivity index (χ3n) is 8.22. The van der Waals surface area contributed by atoms with Gasteiger partial charge in [-0.05, 0) is 6.42 Å². The van der Waals surface area contributed by atoms with E-state index in [2.05, 4.69) is 16.9 Å². The van der Waals surface area contributed by atoms with Gasteiger partial charge < -0.3 is 49.9 Å². The number of hydrogen-bond donors (Lipinski definition) is 5. The number of hydrogen-bond acceptors (Lipinski definition) is 11. The predicted octanol–water partition coefficient (Wildman–Crippen LogP) is 4.94. The molecule has 0 bridgehead atoms. The van der Waals surface area contributed by atoms with Gasteiger partial charge in [0.1, 0.15) is 47.4 Å². The average Bonchev–Trinajstić information content (AvgIpc) is 3.55. The lowest BCUT2D eigenvalue weighted by Gasteiger charge is -2.18. The molecule has 1 aliphatic rings. The van der Waals surface area contributed by atoms with E-state index < -0.39 is 45.1 Å². The highest BCUT2D eigenvalue weighted by atomic mass is 32.1. The topological polar surface area (TPSA) is 197 Å². The molecular weight excluding hydrogens is 633 g/mol. The van der Waals surface area contributed by atoms with Crippen LogP contribution in [0.5, 0.6) is 0 Å². The maximum Gasteiger partial charge on any atom is 0.353 e. The summed E-state index contributed by atoms with van der Waals surface area (Å²) in [4.78, 5) is 18.4. The zero-order valence-electron chi connectivity index (χ0n) is 27.1. The number of nitrogen functional groups attached to an aromatic ring is 1. The van der Waals surface area contributed by atoms with Crippen LogP contribution in [0.25, 0.3) is 11.0 Å². The van der Waals surface area contributed by atoms with Crippen LogP contribution in [0.2, 0.25) is 0 Å². The summed E-state index contributed by atoms with van der Waals surface area (Å²) in [6, 6.07) is 0. The molecule has 3 heterocycles. The van der Waals surface area contributed by atoms with Crippen molar-refractivity contribution in [3.8, 4) is 0 Å². The lowest BCUT2D eigenvalue weighted by molar-refractivity contribution is -0.0490. The third kappa shape index (κ3) is 12.4. The third-order valence-corrected chi connectivity index (χ3v) is 9.51. The molecule has 1 unspecified atom stereocenters. The minimum atomic E-state index is -4.16. The zero-order valence-corrected chi connectivity index (χ0v) is 28.8. The number of ether oxygens (including phenoxy) is 3. The molecule has 3 rings (SSSR count). The van der Waals surface area contributed by atoms with Crippen molar-refractivity contribution in [1.29, 1.82) is 0 Å². The van der Waals surface area contributed by atoms with Crippen LogP contribution in [0.15, 0.2) is 12.5 Å². The van der Waals surface area contributed by atoms with E-state index in [1.165, 1.54) is 94.1 Å². The molecule has 0 aliphatic carbocycles. The van der Waals surface area contributed by atoms with Gasteiger partial charge in [0.25, 0.3) is 0 Å². The number of rotatable bonds is 25. The fraction of sp³-hybridized carbons (Fsp3) is 0.774. The molecule has 1 fully saturated rings. The molecular formula is C31H54N5O8PS. The van der Waals surface area contributed by atoms with E-state index in [9.17, 15) is 19.7 Å². The number of aliphatic hydroxyl groups excluding tert-OH is 2. The summed E-state index contributed by atoms with van der Waals surface area (Å²) in [6.45, 7) is 2.88. The van der Waals surface area contributed by atoms with Crippen molar-refractivity contribution in [1.82, 2.24) is 14.5 Å². The Balaban J connectivity index is 1.24. The second-order valence-electron chi connectivity index (χ2n) is 12.0. The van der Waals surface area contributed by atoms with Crippen LogP contribution in [0.3, 0.4) is 0 Å². The van der Waals surface area contributed by atoms with E-state index >= 15 is 0 Å². The number of unbranched alkanes of at least 4 members (excludes halogenated alkanes) is 13. The van der Waals surface area contributed by atoms with Gasteiger partial charge in [0.05, 0.1) is 25.2 Å². The molecule has 0 amide bonds. The number of fused-ring (bicyclic) bond motifs is 1. The van der Waals surface area contributed by atoms with Gasteiger partial charge in [-0.3, -0.25) is 4.57 Å². The smallest absolute Gasteiger partial charge is 0.353 e. The van der Waals surface area contributed by atoms with Crippen LogP contribution in [0.4, 0.5) is 5.82 Å². The number of aromatic nitrogens is 3. The van der Waals surface area contributed by atoms with E-state index in [4.69, 9.17) is 42.4 Å². The highest BCUT2D eigenvalue weighted by molar-refractivity contribution is 7.80. The van der Waals surface area contributed by atoms with Gasteiger partial charge in [0.2, 0.25) is 0 Å². The quantitative estimate of drug-likeness (QED) is 0.0535. The Kier molecular flexibility index (Phi) is 17.3. The van der Waals surface area contributed by atoms with Gasteiger partial charge in [-0.1, -0.05) is 103 Å². The number of nitrogens with two attached hydrogens (primary N) is 2. The Labute approximate surface area is 277 Å². The summed E-state index contributed by atoms with van der Waals surface area (Å²) in [5, 5.41) is 21.7. The van der Waals surface area contributed by atoms with Crippen LogP contribution >= 0.6 is 19.8 Å². The summed E-state index contributed by atoms with van der Waals surface area (Å²) < 4.78 is 35.8. The van der Waals surface area contributed by atoms with E-state index in [1.807, 2.05) is 0 Å². The molecule has 0 aromatic carbocycles. The molecule has 2 aromatic heterocycles. The summed E-state index contributed by atoms with van der Waals surface area (Å²) in [5.74, 6) is 0.140. The van der Waals surface area contributed by atoms with Gasteiger partial charge >= 0.3 is 7.60 Å². The summed E-state index contributed by atoms with van der Waals surface area (Å²) in [6.07, 6.45) is 15.3. The lowest BCUT2D eigenvalue weighted by Crippen LogP contribution is -2.33. The molecule has 0 spiro atoms. The Bertz CT molecular complexity index is 1240. The van der Waals surface area contributed by atoms with Gasteiger partial charge in [0, 0.05) is 18.4 Å². The Morgan fingerprint density at radius 2 is 1.52 bits per heavy atom. The van der Waals surface area contributed by atoms with Crippen LogP contribution in [-0.4, -0.2) is 85.7 Å². The van der Waals surface area contributed by atoms with Gasteiger partial charge in [-0.25, -0.2) is 9.97 Å². The molecule has 13 nitrogen and oxygen atoms in total. The first-order valence-electron chi connectivity index (χ1n) is 16.7. The summed E-state index contributed by atoms with van der Waals surface area (Å²) in [7, 11) is -4.16. The fourth-order valence-corrected chi connectivity index (χ4v) is 6.58. The molecule has 1 saturated heterocycles. The van der Waals surface area contributed by atoms with Crippen molar-refractivity contribution in [2.45, 2.75) is 121 Å². The minimum absolute atomic E-state index is 0.0413. The average molecular weight is 688 g/mol. The largest absolute Gasteiger partial charge is 0.389 e. The first kappa shape index (κ1) is 38.7. The Hall–Kier alpha value is -1.74. The van der Waals surface area contributed by atoms with E-state index in [0.29, 0.717) is 29.8 Å². The molecule has 2 aromatic rings. The van der Waals surface area contributed by atoms with Crippen molar-refractivity contribution in [3.63, 3.8) is 0 Å². The van der Waals surface area contributed by atoms with Crippen molar-refractivity contribution >= 4 is 41.7 Å². The lowest BCUT2D eigenvalue weighted by atomic mass is 10.0. The molecule has 46 heavy (non-hydrogen) atoms. The van der Waals surface area contributed by atoms with Crippen molar-refractivity contribution in [3.05, 3.63) is 18.1 Å². The second kappa shape index (κ2) is 20.6. The number of thiocarbonyl (C=S) groups is 1. The van der Waals surface area contributed by atoms with Crippen LogP contribution < -0.4 is 11.5 Å². The SMILES string of the molecule is CCCCCCCCCCCCCCCCOCCOCP(=O)(O)OC[C@H]1O[C@@H](n2cc(C(N)=S)c3c(N)ncnc32)[C@H](O)[C@@H]1O. The normalized spacial score (nSPS) is 21.2. The summed E-state index contributed by atoms with van der Waals surface area (Å²) >= 11 is 5.11. The van der Waals surface area contributed by atoms with Crippen LogP contribution in [0.1, 0.15) is 109 Å². The second-order valence-corrected chi connectivity index (χ2v) is 14.2. The summed E-state index contributed by atoms with van der Waals surface area (Å²) in [5.41, 5.74) is 12.5. The van der Waals surface area contributed by atoms with E-state index in [1.54, 1.807) is 0 Å². The monoisotopic (exact) mass is 687 g/mol. The van der Waals surface area contributed by atoms with Gasteiger partial charge in [0.15, 0.2) is 6.23 Å². The van der Waals surface area contributed by atoms with Crippen LogP contribution in [-0.2, 0) is 23.3 Å². The minimum Gasteiger partial charge on any atom is -0.389 e. The molecule has 1 aliphatic heterocycles. The molecule has 0 saturated carbocycles. The predicted molar refractivity (Wildman–Crippen MR) is 181 cm³/mol. The van der Waals surface area contributed by atoms with Crippen molar-refractivity contribution in [2.24, 2.45) is 5.73 Å². The molecule has 262 valence electrons. The number of anilines is 1. The first-order valence-corrected chi connectivity index (χ1v) is 18.9. The van der Waals surface area contributed by atoms with Crippen molar-refractivity contribution < 1.29 is 38.4 Å². The fourth-order valence-electron chi connectivity index (χ4n) is 5.61. The maximum atomic E-state index is 12.5. The molecule has 7 N–H and O–H groups in total. The highest BCUT2D eigenvalue weighted by Crippen LogP contribution is 2.43. The maximum absolute atomic E-state index is 12.5. The molecule has 0 radical (unpaired) electrons. The standard InChI is InChI=1S/C31H54N5O8PS/c1-2-3-4-5-6-7-8-9-10-11-12-13-14-15-16-41-17-18-42-22-45(39,40)43-20-24-26(37)27(38)31(44-24)36-19-23(29(33)46)25-28(32)34-21-35-30(25)36/h19,21,24,26-27,31,37-38H,2-18,20,22H2,1H3,(H2,33,46)(H,39,40)(H2,32,34,35)/t24-,26-,27-,31-/m1/s1. The van der Waals surface area contributed by atoms with Crippen LogP contribution in [0, 0.1) is 0 Å². The first-order chi connectivity index (χ1) is 22.2. The number of aliphatic hydroxyl groups is 2. The Morgan fingerprint density at radius 3 is 2.13 bits per heavy atom. The van der Waals surface area contributed by atoms with Crippen molar-refractivity contribution in [2.75, 3.05) is 38.5 Å². The molecule has 15 heteroatoms. The van der Waals surface area contributed by atoms with E-state index in [0.717, 1.165) is 12.8 Å². The number of nitrogens with zero attached hydrogens (tertiary/aromatic N) is 3. The molecule has 5 atom stereocenters. The highest BCUT2D eigenvalue weighted by Gasteiger charge is 2.45. The van der Waals surface area contributed by atoms with Gasteiger partial charge in [-0.15, -0.1) is 0 Å². The van der Waals surface area contributed by atoms with E-state index in [-0.39, 0.29) is 17.4 Å².